The summed E-state index contributed by atoms with van der Waals surface area (Å²) in [7, 11) is 0. The van der Waals surface area contributed by atoms with Gasteiger partial charge in [-0.1, -0.05) is 23.7 Å². The summed E-state index contributed by atoms with van der Waals surface area (Å²) >= 11 is 6.13. The lowest BCUT2D eigenvalue weighted by Crippen LogP contribution is -2.15. The first-order valence-corrected chi connectivity index (χ1v) is 8.55. The Bertz CT molecular complexity index is 972. The fraction of sp³-hybridized carbons (Fsp3) is 0.150. The van der Waals surface area contributed by atoms with Crippen LogP contribution in [0.2, 0.25) is 5.02 Å². The lowest BCUT2D eigenvalue weighted by atomic mass is 10.1. The van der Waals surface area contributed by atoms with Crippen LogP contribution in [-0.4, -0.2) is 15.9 Å². The van der Waals surface area contributed by atoms with E-state index in [1.165, 1.54) is 5.56 Å². The summed E-state index contributed by atoms with van der Waals surface area (Å²) < 4.78 is 0. The normalized spacial score (nSPS) is 10.5. The average molecular weight is 367 g/mol. The van der Waals surface area contributed by atoms with Crippen molar-refractivity contribution in [3.63, 3.8) is 0 Å². The molecule has 1 heterocycles. The lowest BCUT2D eigenvalue weighted by Gasteiger charge is -2.09. The molecule has 0 unspecified atom stereocenters. The van der Waals surface area contributed by atoms with Crippen molar-refractivity contribution in [2.45, 2.75) is 20.8 Å². The van der Waals surface area contributed by atoms with Gasteiger partial charge in [0, 0.05) is 22.6 Å². The molecular weight excluding hydrogens is 348 g/mol. The number of carbonyl (C=O) groups is 1. The maximum absolute atomic E-state index is 12.5. The van der Waals surface area contributed by atoms with Crippen LogP contribution in [-0.2, 0) is 0 Å². The molecule has 0 bridgehead atoms. The predicted molar refractivity (Wildman–Crippen MR) is 105 cm³/mol. The molecule has 0 fully saturated rings. The molecule has 0 saturated carbocycles. The number of aryl methyl sites for hydroxylation is 3. The van der Waals surface area contributed by atoms with Gasteiger partial charge in [0.1, 0.15) is 5.69 Å². The Hall–Kier alpha value is -2.92. The Morgan fingerprint density at radius 1 is 0.923 bits per heavy atom. The molecule has 5 nitrogen and oxygen atoms in total. The van der Waals surface area contributed by atoms with E-state index in [0.29, 0.717) is 11.0 Å². The molecule has 0 atom stereocenters. The minimum Gasteiger partial charge on any atom is -0.324 e. The number of carbonyl (C=O) groups excluding carboxylic acids is 1. The second-order valence-electron chi connectivity index (χ2n) is 6.11. The third kappa shape index (κ3) is 4.18. The molecule has 2 aromatic carbocycles. The summed E-state index contributed by atoms with van der Waals surface area (Å²) in [5.74, 6) is 0.0401. The maximum Gasteiger partial charge on any atom is 0.274 e. The van der Waals surface area contributed by atoms with Crippen molar-refractivity contribution in [3.8, 4) is 0 Å². The number of nitrogens with zero attached hydrogens (tertiary/aromatic N) is 2. The molecule has 0 radical (unpaired) electrons. The number of halogens is 1. The van der Waals surface area contributed by atoms with E-state index in [2.05, 4.69) is 20.6 Å². The van der Waals surface area contributed by atoms with Crippen LogP contribution in [0, 0.1) is 20.8 Å². The summed E-state index contributed by atoms with van der Waals surface area (Å²) in [5, 5.41) is 6.57. The van der Waals surface area contributed by atoms with Gasteiger partial charge in [-0.15, -0.1) is 0 Å². The lowest BCUT2D eigenvalue weighted by molar-refractivity contribution is 0.102. The Kier molecular flexibility index (Phi) is 5.19. The Labute approximate surface area is 157 Å². The first-order valence-electron chi connectivity index (χ1n) is 8.17. The van der Waals surface area contributed by atoms with E-state index in [1.54, 1.807) is 18.3 Å². The van der Waals surface area contributed by atoms with Crippen molar-refractivity contribution >= 4 is 34.8 Å². The molecule has 2 N–H and O–H groups in total. The molecule has 0 saturated heterocycles. The van der Waals surface area contributed by atoms with Gasteiger partial charge in [-0.2, -0.15) is 0 Å². The van der Waals surface area contributed by atoms with Crippen molar-refractivity contribution in [3.05, 3.63) is 76.1 Å². The van der Waals surface area contributed by atoms with Gasteiger partial charge in [0.2, 0.25) is 5.95 Å². The van der Waals surface area contributed by atoms with Gasteiger partial charge >= 0.3 is 0 Å². The zero-order valence-corrected chi connectivity index (χ0v) is 15.6. The van der Waals surface area contributed by atoms with Crippen molar-refractivity contribution < 1.29 is 4.79 Å². The summed E-state index contributed by atoms with van der Waals surface area (Å²) in [6.45, 7) is 5.96. The van der Waals surface area contributed by atoms with Crippen LogP contribution in [0.4, 0.5) is 17.3 Å². The second kappa shape index (κ2) is 7.54. The number of aromatic nitrogens is 2. The highest BCUT2D eigenvalue weighted by Gasteiger charge is 2.10. The molecule has 1 amide bonds. The predicted octanol–water partition coefficient (Wildman–Crippen LogP) is 5.05. The monoisotopic (exact) mass is 366 g/mol. The summed E-state index contributed by atoms with van der Waals surface area (Å²) in [4.78, 5) is 20.9. The number of hydrogen-bond donors (Lipinski definition) is 2. The van der Waals surface area contributed by atoms with E-state index in [0.717, 1.165) is 22.5 Å². The van der Waals surface area contributed by atoms with Crippen LogP contribution in [0.25, 0.3) is 0 Å². The molecule has 0 aliphatic carbocycles. The quantitative estimate of drug-likeness (QED) is 0.678. The fourth-order valence-electron chi connectivity index (χ4n) is 2.36. The van der Waals surface area contributed by atoms with E-state index in [1.807, 2.05) is 51.1 Å². The maximum atomic E-state index is 12.5. The van der Waals surface area contributed by atoms with E-state index in [-0.39, 0.29) is 11.6 Å². The van der Waals surface area contributed by atoms with Crippen LogP contribution in [0.15, 0.2) is 48.7 Å². The summed E-state index contributed by atoms with van der Waals surface area (Å²) in [5.41, 5.74) is 5.04. The number of benzene rings is 2. The van der Waals surface area contributed by atoms with Crippen LogP contribution in [0.5, 0.6) is 0 Å². The third-order valence-electron chi connectivity index (χ3n) is 4.08. The highest BCUT2D eigenvalue weighted by molar-refractivity contribution is 6.31. The second-order valence-corrected chi connectivity index (χ2v) is 6.51. The minimum atomic E-state index is -0.291. The van der Waals surface area contributed by atoms with Gasteiger partial charge in [0.25, 0.3) is 5.91 Å². The van der Waals surface area contributed by atoms with Crippen LogP contribution < -0.4 is 10.6 Å². The Balaban J connectivity index is 1.76. The van der Waals surface area contributed by atoms with Gasteiger partial charge in [-0.3, -0.25) is 4.79 Å². The van der Waals surface area contributed by atoms with Crippen molar-refractivity contribution in [2.75, 3.05) is 10.6 Å². The molecule has 3 rings (SSSR count). The average Bonchev–Trinajstić information content (AvgIpc) is 2.61. The Morgan fingerprint density at radius 3 is 2.38 bits per heavy atom. The smallest absolute Gasteiger partial charge is 0.274 e. The summed E-state index contributed by atoms with van der Waals surface area (Å²) in [6, 6.07) is 12.9. The third-order valence-corrected chi connectivity index (χ3v) is 4.49. The zero-order chi connectivity index (χ0) is 18.7. The molecule has 1 aromatic heterocycles. The summed E-state index contributed by atoms with van der Waals surface area (Å²) in [6.07, 6.45) is 1.54. The standard InChI is InChI=1S/C20H19ClN4O/c1-12-4-6-15(10-14(12)3)23-19(26)18-8-9-22-20(25-18)24-16-7-5-13(2)17(21)11-16/h4-11H,1-3H3,(H,23,26)(H,22,24,25). The van der Waals surface area contributed by atoms with Crippen molar-refractivity contribution in [1.29, 1.82) is 0 Å². The number of hydrogen-bond acceptors (Lipinski definition) is 4. The number of nitrogens with one attached hydrogen (secondary N) is 2. The minimum absolute atomic E-state index is 0.277. The van der Waals surface area contributed by atoms with E-state index in [4.69, 9.17) is 11.6 Å². The van der Waals surface area contributed by atoms with Gasteiger partial charge < -0.3 is 10.6 Å². The first-order chi connectivity index (χ1) is 12.4. The number of anilines is 3. The van der Waals surface area contributed by atoms with Crippen molar-refractivity contribution in [2.24, 2.45) is 0 Å². The van der Waals surface area contributed by atoms with Crippen LogP contribution in [0.3, 0.4) is 0 Å². The van der Waals surface area contributed by atoms with E-state index in [9.17, 15) is 4.79 Å². The Morgan fingerprint density at radius 2 is 1.65 bits per heavy atom. The van der Waals surface area contributed by atoms with Gasteiger partial charge in [-0.05, 0) is 67.8 Å². The highest BCUT2D eigenvalue weighted by Crippen LogP contribution is 2.22. The molecule has 0 aliphatic heterocycles. The van der Waals surface area contributed by atoms with Crippen molar-refractivity contribution in [1.82, 2.24) is 9.97 Å². The SMILES string of the molecule is Cc1ccc(NC(=O)c2ccnc(Nc3ccc(C)c(Cl)c3)n2)cc1C. The topological polar surface area (TPSA) is 66.9 Å². The number of amides is 1. The van der Waals surface area contributed by atoms with E-state index < -0.39 is 0 Å². The number of rotatable bonds is 4. The molecule has 6 heteroatoms. The van der Waals surface area contributed by atoms with Gasteiger partial charge in [0.15, 0.2) is 0 Å². The molecular formula is C20H19ClN4O. The fourth-order valence-corrected chi connectivity index (χ4v) is 2.54. The largest absolute Gasteiger partial charge is 0.324 e. The van der Waals surface area contributed by atoms with E-state index >= 15 is 0 Å². The molecule has 3 aromatic rings. The van der Waals surface area contributed by atoms with Crippen LogP contribution >= 0.6 is 11.6 Å². The molecule has 0 spiro atoms. The highest BCUT2D eigenvalue weighted by atomic mass is 35.5. The van der Waals surface area contributed by atoms with Gasteiger partial charge in [0.05, 0.1) is 0 Å². The zero-order valence-electron chi connectivity index (χ0n) is 14.8. The molecule has 26 heavy (non-hydrogen) atoms. The molecule has 0 aliphatic rings. The van der Waals surface area contributed by atoms with Crippen LogP contribution in [0.1, 0.15) is 27.2 Å². The van der Waals surface area contributed by atoms with Gasteiger partial charge in [-0.25, -0.2) is 9.97 Å². The first kappa shape index (κ1) is 17.9. The molecule has 132 valence electrons.